The first kappa shape index (κ1) is 27.4. The van der Waals surface area contributed by atoms with E-state index in [1.54, 1.807) is 4.57 Å². The van der Waals surface area contributed by atoms with E-state index in [0.717, 1.165) is 43.0 Å². The molecule has 1 aliphatic rings. The quantitative estimate of drug-likeness (QED) is 0.256. The molecule has 10 heteroatoms. The highest BCUT2D eigenvalue weighted by molar-refractivity contribution is 5.96. The Kier molecular flexibility index (Phi) is 7.88. The van der Waals surface area contributed by atoms with Gasteiger partial charge in [0.15, 0.2) is 11.6 Å². The van der Waals surface area contributed by atoms with Crippen LogP contribution >= 0.6 is 0 Å². The lowest BCUT2D eigenvalue weighted by Crippen LogP contribution is -2.35. The van der Waals surface area contributed by atoms with Crippen molar-refractivity contribution in [3.8, 4) is 0 Å². The van der Waals surface area contributed by atoms with Gasteiger partial charge in [0.05, 0.1) is 22.3 Å². The molecule has 2 N–H and O–H groups in total. The number of aromatic carboxylic acids is 1. The molecular formula is C30H28F3N3O4. The summed E-state index contributed by atoms with van der Waals surface area (Å²) < 4.78 is 51.2. The number of nitrogens with zero attached hydrogens (tertiary/aromatic N) is 2. The molecule has 40 heavy (non-hydrogen) atoms. The van der Waals surface area contributed by atoms with Crippen LogP contribution < -0.4 is 5.32 Å². The third-order valence-corrected chi connectivity index (χ3v) is 7.45. The second kappa shape index (κ2) is 11.5. The molecule has 1 saturated carbocycles. The Labute approximate surface area is 228 Å². The minimum absolute atomic E-state index is 0.150. The van der Waals surface area contributed by atoms with Crippen LogP contribution in [0.5, 0.6) is 0 Å². The molecule has 208 valence electrons. The van der Waals surface area contributed by atoms with Crippen molar-refractivity contribution >= 4 is 28.6 Å². The van der Waals surface area contributed by atoms with Crippen LogP contribution in [0.4, 0.5) is 18.9 Å². The number of anilines is 1. The number of halogens is 3. The summed E-state index contributed by atoms with van der Waals surface area (Å²) in [4.78, 5) is 29.9. The molecule has 1 unspecified atom stereocenters. The van der Waals surface area contributed by atoms with Crippen LogP contribution in [0.3, 0.4) is 0 Å². The van der Waals surface area contributed by atoms with Crippen LogP contribution in [0, 0.1) is 23.4 Å². The summed E-state index contributed by atoms with van der Waals surface area (Å²) >= 11 is 0. The Balaban J connectivity index is 1.68. The highest BCUT2D eigenvalue weighted by Gasteiger charge is 2.37. The summed E-state index contributed by atoms with van der Waals surface area (Å²) in [7, 11) is 1.48. The summed E-state index contributed by atoms with van der Waals surface area (Å²) in [5.74, 6) is -4.88. The summed E-state index contributed by atoms with van der Waals surface area (Å²) in [5.41, 5.74) is 0.633. The van der Waals surface area contributed by atoms with E-state index in [4.69, 9.17) is 4.74 Å². The lowest BCUT2D eigenvalue weighted by Gasteiger charge is -2.33. The first-order chi connectivity index (χ1) is 19.3. The number of amides is 1. The molecule has 3 aromatic carbocycles. The van der Waals surface area contributed by atoms with Gasteiger partial charge in [-0.1, -0.05) is 49.6 Å². The fourth-order valence-electron chi connectivity index (χ4n) is 5.55. The summed E-state index contributed by atoms with van der Waals surface area (Å²) in [6.45, 7) is 0. The number of nitrogens with one attached hydrogen (secondary N) is 1. The third kappa shape index (κ3) is 5.31. The zero-order valence-electron chi connectivity index (χ0n) is 21.7. The van der Waals surface area contributed by atoms with E-state index in [-0.39, 0.29) is 34.0 Å². The minimum Gasteiger partial charge on any atom is -0.478 e. The average molecular weight is 552 g/mol. The highest BCUT2D eigenvalue weighted by Crippen LogP contribution is 2.40. The van der Waals surface area contributed by atoms with Crippen LogP contribution in [0.1, 0.15) is 66.0 Å². The molecule has 2 atom stereocenters. The van der Waals surface area contributed by atoms with E-state index in [1.165, 1.54) is 19.2 Å². The molecule has 0 saturated heterocycles. The van der Waals surface area contributed by atoms with Crippen LogP contribution in [0.2, 0.25) is 0 Å². The zero-order valence-corrected chi connectivity index (χ0v) is 21.7. The number of benzene rings is 3. The topological polar surface area (TPSA) is 93.5 Å². The molecule has 5 rings (SSSR count). The van der Waals surface area contributed by atoms with Crippen LogP contribution in [-0.2, 0) is 9.53 Å². The van der Waals surface area contributed by atoms with E-state index < -0.39 is 41.5 Å². The minimum atomic E-state index is -1.30. The number of fused-ring (bicyclic) bond motifs is 1. The summed E-state index contributed by atoms with van der Waals surface area (Å²) in [6, 6.07) is 13.4. The van der Waals surface area contributed by atoms with Crippen LogP contribution in [0.15, 0.2) is 60.7 Å². The van der Waals surface area contributed by atoms with Crippen molar-refractivity contribution in [2.75, 3.05) is 12.4 Å². The van der Waals surface area contributed by atoms with Gasteiger partial charge >= 0.3 is 5.97 Å². The van der Waals surface area contributed by atoms with E-state index in [0.29, 0.717) is 12.8 Å². The average Bonchev–Trinajstić information content (AvgIpc) is 3.28. The highest BCUT2D eigenvalue weighted by atomic mass is 19.2. The van der Waals surface area contributed by atoms with Gasteiger partial charge in [-0.05, 0) is 42.5 Å². The zero-order chi connectivity index (χ0) is 28.4. The molecule has 1 aliphatic carbocycles. The first-order valence-corrected chi connectivity index (χ1v) is 13.1. The largest absolute Gasteiger partial charge is 0.478 e. The number of aromatic nitrogens is 2. The number of ether oxygens (including phenoxy) is 1. The molecule has 0 spiro atoms. The summed E-state index contributed by atoms with van der Waals surface area (Å²) in [6.07, 6.45) is 3.33. The second-order valence-corrected chi connectivity index (χ2v) is 9.95. The number of carbonyl (C=O) groups excluding carboxylic acids is 1. The van der Waals surface area contributed by atoms with E-state index in [2.05, 4.69) is 10.3 Å². The van der Waals surface area contributed by atoms with Crippen molar-refractivity contribution < 1.29 is 32.6 Å². The number of hydrogen-bond acceptors (Lipinski definition) is 4. The van der Waals surface area contributed by atoms with Gasteiger partial charge in [0.1, 0.15) is 23.8 Å². The Morgan fingerprint density at radius 2 is 1.68 bits per heavy atom. The van der Waals surface area contributed by atoms with Crippen molar-refractivity contribution in [2.45, 2.75) is 44.2 Å². The van der Waals surface area contributed by atoms with Gasteiger partial charge < -0.3 is 19.7 Å². The number of hydrogen-bond donors (Lipinski definition) is 2. The fraction of sp³-hybridized carbons (Fsp3) is 0.300. The maximum Gasteiger partial charge on any atom is 0.335 e. The molecule has 1 heterocycles. The first-order valence-electron chi connectivity index (χ1n) is 13.1. The number of methoxy groups -OCH3 is 1. The van der Waals surface area contributed by atoms with Gasteiger partial charge in [-0.25, -0.2) is 22.9 Å². The van der Waals surface area contributed by atoms with Gasteiger partial charge in [-0.2, -0.15) is 0 Å². The van der Waals surface area contributed by atoms with E-state index in [1.807, 2.05) is 30.3 Å². The molecular weight excluding hydrogens is 523 g/mol. The Morgan fingerprint density at radius 3 is 2.33 bits per heavy atom. The number of carbonyl (C=O) groups is 2. The van der Waals surface area contributed by atoms with Crippen LogP contribution in [0.25, 0.3) is 11.0 Å². The maximum atomic E-state index is 14.8. The lowest BCUT2D eigenvalue weighted by atomic mass is 9.83. The Hall–Kier alpha value is -4.18. The van der Waals surface area contributed by atoms with Crippen molar-refractivity contribution in [1.29, 1.82) is 0 Å². The predicted octanol–water partition coefficient (Wildman–Crippen LogP) is 6.65. The van der Waals surface area contributed by atoms with Gasteiger partial charge in [-0.15, -0.1) is 0 Å². The van der Waals surface area contributed by atoms with Crippen molar-refractivity contribution in [3.05, 3.63) is 95.1 Å². The van der Waals surface area contributed by atoms with Crippen molar-refractivity contribution in [1.82, 2.24) is 9.55 Å². The second-order valence-electron chi connectivity index (χ2n) is 9.95. The monoisotopic (exact) mass is 551 g/mol. The molecule has 0 aliphatic heterocycles. The van der Waals surface area contributed by atoms with E-state index >= 15 is 0 Å². The summed E-state index contributed by atoms with van der Waals surface area (Å²) in [5, 5.41) is 11.8. The third-order valence-electron chi connectivity index (χ3n) is 7.45. The van der Waals surface area contributed by atoms with Gasteiger partial charge in [0.2, 0.25) is 5.91 Å². The SMILES string of the molecule is CO[C@H](c1ccccc1)c1nc2cc(F)c(F)cc2n1C(C(=O)Nc1ccc(C(=O)O)cc1F)C1CCCCC1. The number of carboxylic acids is 1. The Bertz CT molecular complexity index is 1550. The number of rotatable bonds is 8. The maximum absolute atomic E-state index is 14.8. The molecule has 1 fully saturated rings. The molecule has 7 nitrogen and oxygen atoms in total. The normalized spacial score (nSPS) is 15.6. The molecule has 4 aromatic rings. The van der Waals surface area contributed by atoms with Crippen molar-refractivity contribution in [2.24, 2.45) is 5.92 Å². The smallest absolute Gasteiger partial charge is 0.335 e. The molecule has 0 bridgehead atoms. The standard InChI is InChI=1S/C30H28F3N3O4/c1-40-27(18-10-6-3-7-11-18)28-34-24-15-20(31)21(32)16-25(24)36(28)26(17-8-4-2-5-9-17)29(37)35-23-13-12-19(30(38)39)14-22(23)33/h3,6-7,10-17,26-27H,2,4-5,8-9H2,1H3,(H,35,37)(H,38,39)/t26?,27-/m1/s1. The lowest BCUT2D eigenvalue weighted by molar-refractivity contribution is -0.121. The van der Waals surface area contributed by atoms with E-state index in [9.17, 15) is 27.9 Å². The number of carboxylic acid groups (broad SMARTS) is 1. The molecule has 0 radical (unpaired) electrons. The molecule has 1 amide bonds. The van der Waals surface area contributed by atoms with Gasteiger partial charge in [-0.3, -0.25) is 4.79 Å². The van der Waals surface area contributed by atoms with Crippen molar-refractivity contribution in [3.63, 3.8) is 0 Å². The number of imidazole rings is 1. The van der Waals surface area contributed by atoms with Gasteiger partial charge in [0, 0.05) is 19.2 Å². The fourth-order valence-corrected chi connectivity index (χ4v) is 5.55. The Morgan fingerprint density at radius 1 is 0.975 bits per heavy atom. The van der Waals surface area contributed by atoms with Crippen LogP contribution in [-0.4, -0.2) is 33.6 Å². The molecule has 1 aromatic heterocycles. The van der Waals surface area contributed by atoms with Gasteiger partial charge in [0.25, 0.3) is 0 Å². The predicted molar refractivity (Wildman–Crippen MR) is 143 cm³/mol.